The molecule has 1 amide bonds. The summed E-state index contributed by atoms with van der Waals surface area (Å²) in [6.45, 7) is 7.30. The SMILES string of the molecule is CC1CN(CC2CCCN2C(=O)/C=C/c2cccc(C(F)(F)F)c2)CC(C)O1. The van der Waals surface area contributed by atoms with E-state index in [9.17, 15) is 18.0 Å². The molecule has 0 spiro atoms. The van der Waals surface area contributed by atoms with Crippen molar-refractivity contribution in [3.8, 4) is 0 Å². The van der Waals surface area contributed by atoms with Crippen molar-refractivity contribution >= 4 is 12.0 Å². The van der Waals surface area contributed by atoms with E-state index in [-0.39, 0.29) is 24.2 Å². The number of morpholine rings is 1. The van der Waals surface area contributed by atoms with E-state index < -0.39 is 11.7 Å². The van der Waals surface area contributed by atoms with Gasteiger partial charge in [-0.2, -0.15) is 13.2 Å². The van der Waals surface area contributed by atoms with E-state index in [1.54, 1.807) is 6.07 Å². The number of hydrogen-bond donors (Lipinski definition) is 0. The van der Waals surface area contributed by atoms with Crippen LogP contribution in [0.15, 0.2) is 30.3 Å². The summed E-state index contributed by atoms with van der Waals surface area (Å²) in [4.78, 5) is 16.8. The normalized spacial score (nSPS) is 26.9. The Morgan fingerprint density at radius 3 is 2.64 bits per heavy atom. The van der Waals surface area contributed by atoms with Gasteiger partial charge in [-0.25, -0.2) is 0 Å². The number of ether oxygens (including phenoxy) is 1. The van der Waals surface area contributed by atoms with Gasteiger partial charge in [0.2, 0.25) is 5.91 Å². The Hall–Kier alpha value is -1.86. The summed E-state index contributed by atoms with van der Waals surface area (Å²) in [5.41, 5.74) is -0.341. The van der Waals surface area contributed by atoms with Crippen LogP contribution >= 0.6 is 0 Å². The molecule has 0 bridgehead atoms. The number of carbonyl (C=O) groups excluding carboxylic acids is 1. The maximum absolute atomic E-state index is 12.8. The minimum absolute atomic E-state index is 0.135. The van der Waals surface area contributed by atoms with E-state index >= 15 is 0 Å². The van der Waals surface area contributed by atoms with Gasteiger partial charge in [0.05, 0.1) is 17.8 Å². The van der Waals surface area contributed by atoms with Crippen molar-refractivity contribution in [2.75, 3.05) is 26.2 Å². The molecule has 2 saturated heterocycles. The van der Waals surface area contributed by atoms with Gasteiger partial charge in [0.15, 0.2) is 0 Å². The Morgan fingerprint density at radius 2 is 1.96 bits per heavy atom. The first-order valence-corrected chi connectivity index (χ1v) is 9.76. The number of nitrogens with zero attached hydrogens (tertiary/aromatic N) is 2. The van der Waals surface area contributed by atoms with E-state index in [0.29, 0.717) is 12.1 Å². The van der Waals surface area contributed by atoms with Gasteiger partial charge in [0, 0.05) is 38.3 Å². The second-order valence-corrected chi connectivity index (χ2v) is 7.76. The Kier molecular flexibility index (Phi) is 6.45. The number of benzene rings is 1. The summed E-state index contributed by atoms with van der Waals surface area (Å²) in [6.07, 6.45) is 0.710. The largest absolute Gasteiger partial charge is 0.416 e. The molecule has 1 aromatic rings. The fraction of sp³-hybridized carbons (Fsp3) is 0.571. The Labute approximate surface area is 163 Å². The molecule has 4 nitrogen and oxygen atoms in total. The lowest BCUT2D eigenvalue weighted by molar-refractivity contribution is -0.137. The average Bonchev–Trinajstić information content (AvgIpc) is 3.06. The highest BCUT2D eigenvalue weighted by Crippen LogP contribution is 2.30. The zero-order chi connectivity index (χ0) is 20.3. The predicted molar refractivity (Wildman–Crippen MR) is 102 cm³/mol. The Balaban J connectivity index is 1.62. The topological polar surface area (TPSA) is 32.8 Å². The smallest absolute Gasteiger partial charge is 0.373 e. The number of likely N-dealkylation sites (tertiary alicyclic amines) is 1. The van der Waals surface area contributed by atoms with Crippen molar-refractivity contribution in [1.29, 1.82) is 0 Å². The summed E-state index contributed by atoms with van der Waals surface area (Å²) in [7, 11) is 0. The zero-order valence-electron chi connectivity index (χ0n) is 16.3. The number of alkyl halides is 3. The third kappa shape index (κ3) is 5.35. The number of amides is 1. The lowest BCUT2D eigenvalue weighted by Crippen LogP contribution is -2.50. The van der Waals surface area contributed by atoms with E-state index in [2.05, 4.69) is 18.7 Å². The number of halogens is 3. The van der Waals surface area contributed by atoms with E-state index in [0.717, 1.165) is 44.6 Å². The van der Waals surface area contributed by atoms with Crippen molar-refractivity contribution in [3.63, 3.8) is 0 Å². The van der Waals surface area contributed by atoms with Crippen LogP contribution in [-0.2, 0) is 15.7 Å². The zero-order valence-corrected chi connectivity index (χ0v) is 16.3. The minimum Gasteiger partial charge on any atom is -0.373 e. The first-order chi connectivity index (χ1) is 13.2. The highest BCUT2D eigenvalue weighted by atomic mass is 19.4. The van der Waals surface area contributed by atoms with Crippen LogP contribution in [0.1, 0.15) is 37.8 Å². The first kappa shape index (κ1) is 20.9. The molecule has 0 aliphatic carbocycles. The van der Waals surface area contributed by atoms with Crippen LogP contribution in [0.3, 0.4) is 0 Å². The van der Waals surface area contributed by atoms with Crippen LogP contribution in [0.2, 0.25) is 0 Å². The van der Waals surface area contributed by atoms with Crippen LogP contribution in [0, 0.1) is 0 Å². The quantitative estimate of drug-likeness (QED) is 0.726. The summed E-state index contributed by atoms with van der Waals surface area (Å²) in [5.74, 6) is -0.144. The summed E-state index contributed by atoms with van der Waals surface area (Å²) in [5, 5.41) is 0. The summed E-state index contributed by atoms with van der Waals surface area (Å²) in [6, 6.07) is 5.14. The fourth-order valence-electron chi connectivity index (χ4n) is 4.13. The van der Waals surface area contributed by atoms with Crippen molar-refractivity contribution in [3.05, 3.63) is 41.5 Å². The van der Waals surface area contributed by atoms with Crippen molar-refractivity contribution in [2.45, 2.75) is 51.1 Å². The highest BCUT2D eigenvalue weighted by Gasteiger charge is 2.32. The predicted octanol–water partition coefficient (Wildman–Crippen LogP) is 3.82. The van der Waals surface area contributed by atoms with E-state index in [4.69, 9.17) is 4.74 Å². The van der Waals surface area contributed by atoms with Crippen LogP contribution in [0.25, 0.3) is 6.08 Å². The first-order valence-electron chi connectivity index (χ1n) is 9.76. The van der Waals surface area contributed by atoms with Gasteiger partial charge in [0.25, 0.3) is 0 Å². The Morgan fingerprint density at radius 1 is 1.25 bits per heavy atom. The average molecular weight is 396 g/mol. The molecule has 2 aliphatic rings. The van der Waals surface area contributed by atoms with Crippen LogP contribution in [-0.4, -0.2) is 60.1 Å². The third-order valence-corrected chi connectivity index (χ3v) is 5.26. The van der Waals surface area contributed by atoms with Crippen molar-refractivity contribution in [2.24, 2.45) is 0 Å². The van der Waals surface area contributed by atoms with Crippen LogP contribution < -0.4 is 0 Å². The standard InChI is InChI=1S/C21H27F3N2O2/c1-15-12-25(13-16(2)28-15)14-19-7-4-10-26(19)20(27)9-8-17-5-3-6-18(11-17)21(22,23)24/h3,5-6,8-9,11,15-16,19H,4,7,10,12-14H2,1-2H3/b9-8+. The molecule has 0 saturated carbocycles. The van der Waals surface area contributed by atoms with Crippen LogP contribution in [0.5, 0.6) is 0 Å². The van der Waals surface area contributed by atoms with Crippen molar-refractivity contribution in [1.82, 2.24) is 9.80 Å². The maximum atomic E-state index is 12.8. The van der Waals surface area contributed by atoms with Gasteiger partial charge in [0.1, 0.15) is 0 Å². The molecule has 2 aliphatic heterocycles. The lowest BCUT2D eigenvalue weighted by Gasteiger charge is -2.38. The highest BCUT2D eigenvalue weighted by molar-refractivity contribution is 5.92. The van der Waals surface area contributed by atoms with E-state index in [1.165, 1.54) is 18.2 Å². The third-order valence-electron chi connectivity index (χ3n) is 5.26. The molecule has 154 valence electrons. The Bertz CT molecular complexity index is 710. The molecule has 7 heteroatoms. The second-order valence-electron chi connectivity index (χ2n) is 7.76. The fourth-order valence-corrected chi connectivity index (χ4v) is 4.13. The number of hydrogen-bond acceptors (Lipinski definition) is 3. The molecule has 2 heterocycles. The van der Waals surface area contributed by atoms with Gasteiger partial charge in [-0.05, 0) is 50.5 Å². The maximum Gasteiger partial charge on any atom is 0.416 e. The molecule has 0 aromatic heterocycles. The number of rotatable bonds is 4. The van der Waals surface area contributed by atoms with Crippen LogP contribution in [0.4, 0.5) is 13.2 Å². The van der Waals surface area contributed by atoms with Gasteiger partial charge in [-0.15, -0.1) is 0 Å². The minimum atomic E-state index is -4.39. The molecule has 2 fully saturated rings. The number of carbonyl (C=O) groups is 1. The van der Waals surface area contributed by atoms with Gasteiger partial charge >= 0.3 is 6.18 Å². The molecule has 1 aromatic carbocycles. The monoisotopic (exact) mass is 396 g/mol. The molecule has 3 unspecified atom stereocenters. The van der Waals surface area contributed by atoms with E-state index in [1.807, 2.05) is 4.90 Å². The summed E-state index contributed by atoms with van der Waals surface area (Å²) < 4.78 is 44.2. The summed E-state index contributed by atoms with van der Waals surface area (Å²) >= 11 is 0. The second kappa shape index (κ2) is 8.66. The molecule has 28 heavy (non-hydrogen) atoms. The molecule has 3 atom stereocenters. The molecule has 0 radical (unpaired) electrons. The lowest BCUT2D eigenvalue weighted by atomic mass is 10.1. The molecule has 3 rings (SSSR count). The van der Waals surface area contributed by atoms with Gasteiger partial charge in [-0.1, -0.05) is 12.1 Å². The molecular formula is C21H27F3N2O2. The van der Waals surface area contributed by atoms with Gasteiger partial charge < -0.3 is 9.64 Å². The van der Waals surface area contributed by atoms with Crippen molar-refractivity contribution < 1.29 is 22.7 Å². The van der Waals surface area contributed by atoms with Gasteiger partial charge in [-0.3, -0.25) is 9.69 Å². The molecule has 0 N–H and O–H groups in total. The molecular weight excluding hydrogens is 369 g/mol.